The normalized spacial score (nSPS) is 12.0. The Morgan fingerprint density at radius 1 is 1.09 bits per heavy atom. The molecule has 0 bridgehead atoms. The quantitative estimate of drug-likeness (QED) is 0.625. The van der Waals surface area contributed by atoms with E-state index in [1.54, 1.807) is 0 Å². The van der Waals surface area contributed by atoms with Gasteiger partial charge in [-0.15, -0.1) is 0 Å². The van der Waals surface area contributed by atoms with Crippen molar-refractivity contribution in [2.75, 3.05) is 6.61 Å². The van der Waals surface area contributed by atoms with E-state index in [2.05, 4.69) is 51.1 Å². The van der Waals surface area contributed by atoms with Crippen LogP contribution >= 0.6 is 0 Å². The molecule has 120 valence electrons. The van der Waals surface area contributed by atoms with Crippen molar-refractivity contribution < 1.29 is 4.74 Å². The fourth-order valence-electron chi connectivity index (χ4n) is 2.71. The zero-order chi connectivity index (χ0) is 16.7. The van der Waals surface area contributed by atoms with Crippen LogP contribution in [0.15, 0.2) is 48.5 Å². The van der Waals surface area contributed by atoms with Gasteiger partial charge in [0.15, 0.2) is 0 Å². The minimum atomic E-state index is -0.0539. The molecule has 0 heterocycles. The Balaban J connectivity index is 1.86. The molecule has 0 amide bonds. The number of hydrogen-bond donors (Lipinski definition) is 0. The molecular weight excluding hydrogens is 282 g/mol. The lowest BCUT2D eigenvalue weighted by Crippen LogP contribution is -2.03. The first kappa shape index (κ1) is 17.1. The smallest absolute Gasteiger partial charge is 0.119 e. The first-order valence-electron chi connectivity index (χ1n) is 8.29. The minimum Gasteiger partial charge on any atom is -0.494 e. The minimum absolute atomic E-state index is 0.0539. The summed E-state index contributed by atoms with van der Waals surface area (Å²) in [6.07, 6.45) is 1.70. The van der Waals surface area contributed by atoms with Crippen LogP contribution < -0.4 is 4.74 Å². The molecule has 0 spiro atoms. The van der Waals surface area contributed by atoms with E-state index < -0.39 is 0 Å². The predicted octanol–water partition coefficient (Wildman–Crippen LogP) is 5.58. The standard InChI is InChI=1S/C21H25NO/c1-16(2)18-9-6-11-20(14-18)23-13-7-10-19(15-22)21-12-5-4-8-17(21)3/h4-6,8-9,11-12,14,16,19H,7,10,13H2,1-3H3. The third-order valence-corrected chi connectivity index (χ3v) is 4.15. The molecule has 2 rings (SSSR count). The highest BCUT2D eigenvalue weighted by Gasteiger charge is 2.12. The molecule has 1 unspecified atom stereocenters. The number of aryl methyl sites for hydroxylation is 1. The lowest BCUT2D eigenvalue weighted by Gasteiger charge is -2.13. The van der Waals surface area contributed by atoms with E-state index in [-0.39, 0.29) is 5.92 Å². The van der Waals surface area contributed by atoms with E-state index in [0.717, 1.165) is 24.2 Å². The van der Waals surface area contributed by atoms with Crippen molar-refractivity contribution in [1.82, 2.24) is 0 Å². The largest absolute Gasteiger partial charge is 0.494 e. The molecule has 1 atom stereocenters. The first-order chi connectivity index (χ1) is 11.1. The molecular formula is C21H25NO. The Morgan fingerprint density at radius 3 is 2.57 bits per heavy atom. The Bertz CT molecular complexity index is 670. The lowest BCUT2D eigenvalue weighted by atomic mass is 9.92. The third kappa shape index (κ3) is 4.86. The van der Waals surface area contributed by atoms with Crippen molar-refractivity contribution in [2.24, 2.45) is 0 Å². The van der Waals surface area contributed by atoms with Gasteiger partial charge in [0.2, 0.25) is 0 Å². The summed E-state index contributed by atoms with van der Waals surface area (Å²) < 4.78 is 5.85. The molecule has 2 aromatic rings. The molecule has 0 aliphatic heterocycles. The van der Waals surface area contributed by atoms with Crippen LogP contribution in [-0.2, 0) is 0 Å². The zero-order valence-corrected chi connectivity index (χ0v) is 14.3. The highest BCUT2D eigenvalue weighted by atomic mass is 16.5. The van der Waals surface area contributed by atoms with Crippen LogP contribution in [0, 0.1) is 18.3 Å². The predicted molar refractivity (Wildman–Crippen MR) is 94.8 cm³/mol. The molecule has 0 N–H and O–H groups in total. The average molecular weight is 307 g/mol. The van der Waals surface area contributed by atoms with Crippen molar-refractivity contribution in [3.05, 3.63) is 65.2 Å². The van der Waals surface area contributed by atoms with Crippen molar-refractivity contribution in [3.8, 4) is 11.8 Å². The Hall–Kier alpha value is -2.27. The fraction of sp³-hybridized carbons (Fsp3) is 0.381. The summed E-state index contributed by atoms with van der Waals surface area (Å²) in [6.45, 7) is 7.07. The number of benzene rings is 2. The monoisotopic (exact) mass is 307 g/mol. The van der Waals surface area contributed by atoms with Gasteiger partial charge in [-0.3, -0.25) is 0 Å². The summed E-state index contributed by atoms with van der Waals surface area (Å²) in [5.41, 5.74) is 3.61. The summed E-state index contributed by atoms with van der Waals surface area (Å²) in [5, 5.41) is 9.43. The van der Waals surface area contributed by atoms with E-state index in [4.69, 9.17) is 4.74 Å². The number of hydrogen-bond acceptors (Lipinski definition) is 2. The van der Waals surface area contributed by atoms with Crippen LogP contribution in [0.1, 0.15) is 55.2 Å². The molecule has 0 saturated heterocycles. The van der Waals surface area contributed by atoms with Crippen LogP contribution in [-0.4, -0.2) is 6.61 Å². The van der Waals surface area contributed by atoms with Gasteiger partial charge < -0.3 is 4.74 Å². The van der Waals surface area contributed by atoms with Gasteiger partial charge in [0.05, 0.1) is 18.6 Å². The van der Waals surface area contributed by atoms with Gasteiger partial charge >= 0.3 is 0 Å². The molecule has 0 saturated carbocycles. The van der Waals surface area contributed by atoms with Gasteiger partial charge in [-0.25, -0.2) is 0 Å². The molecule has 2 nitrogen and oxygen atoms in total. The second-order valence-electron chi connectivity index (χ2n) is 6.26. The summed E-state index contributed by atoms with van der Waals surface area (Å²) in [6, 6.07) is 18.8. The second-order valence-corrected chi connectivity index (χ2v) is 6.26. The Labute approximate surface area is 139 Å². The van der Waals surface area contributed by atoms with Gasteiger partial charge in [0.25, 0.3) is 0 Å². The van der Waals surface area contributed by atoms with Gasteiger partial charge in [-0.1, -0.05) is 50.2 Å². The fourth-order valence-corrected chi connectivity index (χ4v) is 2.71. The molecule has 2 aromatic carbocycles. The van der Waals surface area contributed by atoms with E-state index in [1.165, 1.54) is 11.1 Å². The van der Waals surface area contributed by atoms with Crippen LogP contribution in [0.5, 0.6) is 5.75 Å². The van der Waals surface area contributed by atoms with Crippen molar-refractivity contribution >= 4 is 0 Å². The van der Waals surface area contributed by atoms with Gasteiger partial charge in [-0.05, 0) is 54.5 Å². The number of rotatable bonds is 7. The summed E-state index contributed by atoms with van der Waals surface area (Å²) >= 11 is 0. The van der Waals surface area contributed by atoms with E-state index in [0.29, 0.717) is 12.5 Å². The molecule has 0 aliphatic rings. The maximum Gasteiger partial charge on any atom is 0.119 e. The van der Waals surface area contributed by atoms with Gasteiger partial charge in [0, 0.05) is 0 Å². The van der Waals surface area contributed by atoms with E-state index >= 15 is 0 Å². The summed E-state index contributed by atoms with van der Waals surface area (Å²) in [5.74, 6) is 1.37. The average Bonchev–Trinajstić information content (AvgIpc) is 2.56. The van der Waals surface area contributed by atoms with Crippen LogP contribution in [0.3, 0.4) is 0 Å². The first-order valence-corrected chi connectivity index (χ1v) is 8.29. The Morgan fingerprint density at radius 2 is 1.87 bits per heavy atom. The van der Waals surface area contributed by atoms with Crippen molar-refractivity contribution in [2.45, 2.75) is 45.4 Å². The SMILES string of the molecule is Cc1ccccc1C(C#N)CCCOc1cccc(C(C)C)c1. The molecule has 0 radical (unpaired) electrons. The van der Waals surface area contributed by atoms with Crippen molar-refractivity contribution in [3.63, 3.8) is 0 Å². The lowest BCUT2D eigenvalue weighted by molar-refractivity contribution is 0.304. The topological polar surface area (TPSA) is 33.0 Å². The van der Waals surface area contributed by atoms with Gasteiger partial charge in [-0.2, -0.15) is 5.26 Å². The molecule has 0 aliphatic carbocycles. The van der Waals surface area contributed by atoms with Crippen LogP contribution in [0.2, 0.25) is 0 Å². The molecule has 2 heteroatoms. The van der Waals surface area contributed by atoms with Crippen molar-refractivity contribution in [1.29, 1.82) is 5.26 Å². The van der Waals surface area contributed by atoms with Crippen LogP contribution in [0.25, 0.3) is 0 Å². The maximum atomic E-state index is 9.43. The number of ether oxygens (including phenoxy) is 1. The number of nitrogens with zero attached hydrogens (tertiary/aromatic N) is 1. The molecule has 0 fully saturated rings. The second kappa shape index (κ2) is 8.39. The summed E-state index contributed by atoms with van der Waals surface area (Å²) in [4.78, 5) is 0. The Kier molecular flexibility index (Phi) is 6.23. The number of nitriles is 1. The molecule has 0 aromatic heterocycles. The van der Waals surface area contributed by atoms with Crippen LogP contribution in [0.4, 0.5) is 0 Å². The van der Waals surface area contributed by atoms with E-state index in [1.807, 2.05) is 24.3 Å². The van der Waals surface area contributed by atoms with E-state index in [9.17, 15) is 5.26 Å². The van der Waals surface area contributed by atoms with Gasteiger partial charge in [0.1, 0.15) is 5.75 Å². The third-order valence-electron chi connectivity index (χ3n) is 4.15. The zero-order valence-electron chi connectivity index (χ0n) is 14.3. The summed E-state index contributed by atoms with van der Waals surface area (Å²) in [7, 11) is 0. The highest BCUT2D eigenvalue weighted by molar-refractivity contribution is 5.33. The molecule has 23 heavy (non-hydrogen) atoms. The highest BCUT2D eigenvalue weighted by Crippen LogP contribution is 2.24. The maximum absolute atomic E-state index is 9.43.